The van der Waals surface area contributed by atoms with Crippen molar-refractivity contribution in [2.45, 2.75) is 13.5 Å². The number of ether oxygens (including phenoxy) is 1. The molecular weight excluding hydrogens is 350 g/mol. The quantitative estimate of drug-likeness (QED) is 0.584. The molecule has 0 aliphatic carbocycles. The van der Waals surface area contributed by atoms with Crippen molar-refractivity contribution in [3.63, 3.8) is 0 Å². The summed E-state index contributed by atoms with van der Waals surface area (Å²) >= 11 is 0. The number of nitrogens with zero attached hydrogens (tertiary/aromatic N) is 5. The van der Waals surface area contributed by atoms with Crippen LogP contribution in [0.5, 0.6) is 5.75 Å². The van der Waals surface area contributed by atoms with Crippen LogP contribution >= 0.6 is 0 Å². The highest BCUT2D eigenvalue weighted by Gasteiger charge is 2.33. The zero-order chi connectivity index (χ0) is 19.6. The number of nitro groups is 1. The lowest BCUT2D eigenvalue weighted by atomic mass is 10.2. The molecule has 0 saturated carbocycles. The summed E-state index contributed by atoms with van der Waals surface area (Å²) in [5.41, 5.74) is 1.23. The fourth-order valence-electron chi connectivity index (χ4n) is 3.25. The molecule has 1 aromatic carbocycles. The van der Waals surface area contributed by atoms with Gasteiger partial charge in [-0.25, -0.2) is 0 Å². The smallest absolute Gasteiger partial charge is 0.322 e. The van der Waals surface area contributed by atoms with Gasteiger partial charge in [0.1, 0.15) is 11.4 Å². The molecule has 1 saturated heterocycles. The van der Waals surface area contributed by atoms with Gasteiger partial charge in [-0.15, -0.1) is 0 Å². The number of aromatic nitrogens is 2. The van der Waals surface area contributed by atoms with Gasteiger partial charge < -0.3 is 9.64 Å². The Morgan fingerprint density at radius 2 is 2.00 bits per heavy atom. The van der Waals surface area contributed by atoms with Crippen LogP contribution in [-0.2, 0) is 13.6 Å². The first kappa shape index (κ1) is 18.8. The Labute approximate surface area is 157 Å². The minimum Gasteiger partial charge on any atom is -0.497 e. The van der Waals surface area contributed by atoms with Gasteiger partial charge in [0.2, 0.25) is 5.69 Å². The van der Waals surface area contributed by atoms with Crippen LogP contribution in [0.2, 0.25) is 0 Å². The van der Waals surface area contributed by atoms with E-state index in [2.05, 4.69) is 10.00 Å². The Bertz CT molecular complexity index is 855. The van der Waals surface area contributed by atoms with Gasteiger partial charge in [-0.1, -0.05) is 12.1 Å². The first-order valence-corrected chi connectivity index (χ1v) is 8.73. The number of hydrogen-bond acceptors (Lipinski definition) is 6. The van der Waals surface area contributed by atoms with E-state index in [1.54, 1.807) is 26.0 Å². The zero-order valence-corrected chi connectivity index (χ0v) is 15.7. The summed E-state index contributed by atoms with van der Waals surface area (Å²) in [6.07, 6.45) is 0. The predicted octanol–water partition coefficient (Wildman–Crippen LogP) is 1.60. The van der Waals surface area contributed by atoms with Gasteiger partial charge in [0.25, 0.3) is 5.91 Å². The fraction of sp³-hybridized carbons (Fsp3) is 0.444. The number of rotatable bonds is 5. The molecule has 9 heteroatoms. The number of hydrogen-bond donors (Lipinski definition) is 0. The van der Waals surface area contributed by atoms with E-state index in [9.17, 15) is 14.9 Å². The van der Waals surface area contributed by atoms with E-state index in [1.807, 2.05) is 24.3 Å². The normalized spacial score (nSPS) is 15.0. The predicted molar refractivity (Wildman–Crippen MR) is 98.8 cm³/mol. The number of aryl methyl sites for hydroxylation is 1. The summed E-state index contributed by atoms with van der Waals surface area (Å²) in [6, 6.07) is 7.90. The highest BCUT2D eigenvalue weighted by atomic mass is 16.6. The Hall–Kier alpha value is -2.94. The van der Waals surface area contributed by atoms with Crippen LogP contribution in [0.4, 0.5) is 5.69 Å². The number of amides is 1. The van der Waals surface area contributed by atoms with Crippen LogP contribution in [0.25, 0.3) is 0 Å². The number of carbonyl (C=O) groups is 1. The summed E-state index contributed by atoms with van der Waals surface area (Å²) in [6.45, 7) is 4.77. The van der Waals surface area contributed by atoms with Crippen LogP contribution in [0.15, 0.2) is 24.3 Å². The molecule has 1 aliphatic heterocycles. The number of carbonyl (C=O) groups excluding carboxylic acids is 1. The van der Waals surface area contributed by atoms with Gasteiger partial charge in [-0.05, 0) is 24.6 Å². The molecule has 0 N–H and O–H groups in total. The van der Waals surface area contributed by atoms with Crippen molar-refractivity contribution in [1.29, 1.82) is 0 Å². The number of methoxy groups -OCH3 is 1. The van der Waals surface area contributed by atoms with E-state index >= 15 is 0 Å². The maximum Gasteiger partial charge on any atom is 0.322 e. The molecule has 0 radical (unpaired) electrons. The number of piperazine rings is 1. The van der Waals surface area contributed by atoms with Crippen LogP contribution in [0, 0.1) is 17.0 Å². The van der Waals surface area contributed by atoms with Gasteiger partial charge in [-0.3, -0.25) is 24.5 Å². The molecule has 1 aliphatic rings. The summed E-state index contributed by atoms with van der Waals surface area (Å²) in [5, 5.41) is 15.4. The molecule has 27 heavy (non-hydrogen) atoms. The summed E-state index contributed by atoms with van der Waals surface area (Å²) in [4.78, 5) is 27.4. The van der Waals surface area contributed by atoms with Crippen LogP contribution in [0.1, 0.15) is 21.7 Å². The minimum atomic E-state index is -0.533. The van der Waals surface area contributed by atoms with Crippen LogP contribution < -0.4 is 4.74 Å². The van der Waals surface area contributed by atoms with Crippen LogP contribution in [-0.4, -0.2) is 63.7 Å². The van der Waals surface area contributed by atoms with Crippen molar-refractivity contribution in [3.8, 4) is 5.75 Å². The third-order valence-corrected chi connectivity index (χ3v) is 4.89. The minimum absolute atomic E-state index is 0.0822. The summed E-state index contributed by atoms with van der Waals surface area (Å²) < 4.78 is 6.63. The lowest BCUT2D eigenvalue weighted by Crippen LogP contribution is -2.48. The number of benzene rings is 1. The third kappa shape index (κ3) is 3.92. The highest BCUT2D eigenvalue weighted by Crippen LogP contribution is 2.24. The lowest BCUT2D eigenvalue weighted by Gasteiger charge is -2.34. The first-order chi connectivity index (χ1) is 12.9. The molecule has 0 atom stereocenters. The maximum absolute atomic E-state index is 12.7. The van der Waals surface area contributed by atoms with Gasteiger partial charge >= 0.3 is 5.69 Å². The van der Waals surface area contributed by atoms with Gasteiger partial charge in [0.15, 0.2) is 0 Å². The largest absolute Gasteiger partial charge is 0.497 e. The summed E-state index contributed by atoms with van der Waals surface area (Å²) in [7, 11) is 3.24. The van der Waals surface area contributed by atoms with E-state index in [0.717, 1.165) is 17.9 Å². The molecular formula is C18H23N5O4. The molecule has 0 bridgehead atoms. The van der Waals surface area contributed by atoms with E-state index in [4.69, 9.17) is 4.74 Å². The molecule has 0 spiro atoms. The van der Waals surface area contributed by atoms with Gasteiger partial charge in [0, 0.05) is 39.8 Å². The molecule has 9 nitrogen and oxygen atoms in total. The molecule has 1 amide bonds. The second kappa shape index (κ2) is 7.75. The Morgan fingerprint density at radius 3 is 2.63 bits per heavy atom. The Kier molecular flexibility index (Phi) is 5.41. The standard InChI is InChI=1S/C18H23N5O4/c1-13-17(23(25)26)16(19-20(13)2)18(24)22-9-7-21(8-10-22)12-14-5-4-6-15(11-14)27-3/h4-6,11H,7-10,12H2,1-3H3. The van der Waals surface area contributed by atoms with E-state index < -0.39 is 4.92 Å². The molecule has 3 rings (SSSR count). The lowest BCUT2D eigenvalue weighted by molar-refractivity contribution is -0.385. The van der Waals surface area contributed by atoms with Crippen molar-refractivity contribution in [2.75, 3.05) is 33.3 Å². The molecule has 2 heterocycles. The second-order valence-electron chi connectivity index (χ2n) is 6.58. The maximum atomic E-state index is 12.7. The average molecular weight is 373 g/mol. The monoisotopic (exact) mass is 373 g/mol. The van der Waals surface area contributed by atoms with Gasteiger partial charge in [0.05, 0.1) is 12.0 Å². The van der Waals surface area contributed by atoms with Crippen molar-refractivity contribution < 1.29 is 14.5 Å². The second-order valence-corrected chi connectivity index (χ2v) is 6.58. The average Bonchev–Trinajstić information content (AvgIpc) is 2.97. The summed E-state index contributed by atoms with van der Waals surface area (Å²) in [5.74, 6) is 0.436. The molecule has 1 fully saturated rings. The highest BCUT2D eigenvalue weighted by molar-refractivity contribution is 5.96. The van der Waals surface area contributed by atoms with Crippen molar-refractivity contribution in [3.05, 3.63) is 51.3 Å². The van der Waals surface area contributed by atoms with Gasteiger partial charge in [-0.2, -0.15) is 5.10 Å². The van der Waals surface area contributed by atoms with E-state index in [0.29, 0.717) is 31.9 Å². The first-order valence-electron chi connectivity index (χ1n) is 8.73. The van der Waals surface area contributed by atoms with E-state index in [-0.39, 0.29) is 17.3 Å². The fourth-order valence-corrected chi connectivity index (χ4v) is 3.25. The molecule has 144 valence electrons. The van der Waals surface area contributed by atoms with E-state index in [1.165, 1.54) is 4.68 Å². The van der Waals surface area contributed by atoms with Crippen molar-refractivity contribution >= 4 is 11.6 Å². The molecule has 2 aromatic rings. The topological polar surface area (TPSA) is 93.7 Å². The van der Waals surface area contributed by atoms with Crippen molar-refractivity contribution in [2.24, 2.45) is 7.05 Å². The molecule has 0 unspecified atom stereocenters. The third-order valence-electron chi connectivity index (χ3n) is 4.89. The Balaban J connectivity index is 1.64. The van der Waals surface area contributed by atoms with Crippen LogP contribution in [0.3, 0.4) is 0 Å². The zero-order valence-electron chi connectivity index (χ0n) is 15.7. The molecule has 1 aromatic heterocycles. The Morgan fingerprint density at radius 1 is 1.30 bits per heavy atom. The van der Waals surface area contributed by atoms with Crippen molar-refractivity contribution in [1.82, 2.24) is 19.6 Å². The SMILES string of the molecule is COc1cccc(CN2CCN(C(=O)c3nn(C)c(C)c3[N+](=O)[O-])CC2)c1.